The van der Waals surface area contributed by atoms with E-state index in [0.717, 1.165) is 16.9 Å². The molecule has 0 radical (unpaired) electrons. The number of nitrogens with zero attached hydrogens (tertiary/aromatic N) is 3. The Morgan fingerprint density at radius 1 is 0.929 bits per heavy atom. The third-order valence-corrected chi connectivity index (χ3v) is 6.63. The van der Waals surface area contributed by atoms with Crippen LogP contribution in [0.15, 0.2) is 59.4 Å². The van der Waals surface area contributed by atoms with Crippen molar-refractivity contribution in [3.63, 3.8) is 0 Å². The zero-order valence-electron chi connectivity index (χ0n) is 16.4. The van der Waals surface area contributed by atoms with Gasteiger partial charge in [0.2, 0.25) is 5.91 Å². The summed E-state index contributed by atoms with van der Waals surface area (Å²) in [7, 11) is 1.85. The van der Waals surface area contributed by atoms with E-state index in [1.54, 1.807) is 21.3 Å². The van der Waals surface area contributed by atoms with Gasteiger partial charge in [-0.05, 0) is 38.5 Å². The SMILES string of the molecule is Cc1ccc([C@@H]2S[C@@H](C)C(=O)N2c2c(C)n(C)n(-c3ccccc3)c2=O)cc1. The zero-order chi connectivity index (χ0) is 20.0. The summed E-state index contributed by atoms with van der Waals surface area (Å²) in [5, 5.41) is -0.406. The maximum atomic E-state index is 13.4. The van der Waals surface area contributed by atoms with Crippen LogP contribution < -0.4 is 10.5 Å². The summed E-state index contributed by atoms with van der Waals surface area (Å²) in [6.07, 6.45) is 0. The molecule has 1 fully saturated rings. The van der Waals surface area contributed by atoms with Gasteiger partial charge in [0.1, 0.15) is 11.1 Å². The smallest absolute Gasteiger partial charge is 0.288 e. The standard InChI is InChI=1S/C22H23N3O2S/c1-14-10-12-17(13-11-14)22-24(20(26)16(3)28-22)19-15(2)23(4)25(21(19)27)18-8-6-5-7-9-18/h5-13,16,22H,1-4H3/t16-,22-/m0/s1. The van der Waals surface area contributed by atoms with Crippen LogP contribution in [-0.2, 0) is 11.8 Å². The van der Waals surface area contributed by atoms with Crippen LogP contribution in [0, 0.1) is 13.8 Å². The third kappa shape index (κ3) is 2.88. The van der Waals surface area contributed by atoms with Crippen molar-refractivity contribution in [2.24, 2.45) is 7.05 Å². The lowest BCUT2D eigenvalue weighted by Gasteiger charge is -2.23. The fourth-order valence-corrected chi connectivity index (χ4v) is 4.90. The largest absolute Gasteiger partial charge is 0.295 e. The van der Waals surface area contributed by atoms with Gasteiger partial charge in [0.05, 0.1) is 16.6 Å². The highest BCUT2D eigenvalue weighted by molar-refractivity contribution is 8.01. The minimum absolute atomic E-state index is 0.0263. The number of rotatable bonds is 3. The second kappa shape index (κ2) is 7.02. The molecule has 2 aromatic carbocycles. The predicted octanol–water partition coefficient (Wildman–Crippen LogP) is 3.96. The Bertz CT molecular complexity index is 1080. The summed E-state index contributed by atoms with van der Waals surface area (Å²) in [5.41, 5.74) is 4.03. The molecule has 1 amide bonds. The second-order valence-corrected chi connectivity index (χ2v) is 8.59. The van der Waals surface area contributed by atoms with Crippen LogP contribution in [0.1, 0.15) is 29.1 Å². The highest BCUT2D eigenvalue weighted by atomic mass is 32.2. The van der Waals surface area contributed by atoms with Gasteiger partial charge in [-0.15, -0.1) is 11.8 Å². The number of hydrogen-bond acceptors (Lipinski definition) is 3. The molecule has 1 aliphatic heterocycles. The van der Waals surface area contributed by atoms with Gasteiger partial charge in [0.15, 0.2) is 0 Å². The first-order valence-electron chi connectivity index (χ1n) is 9.29. The molecule has 1 saturated heterocycles. The average Bonchev–Trinajstić information content (AvgIpc) is 3.09. The summed E-state index contributed by atoms with van der Waals surface area (Å²) in [6, 6.07) is 17.7. The van der Waals surface area contributed by atoms with Crippen molar-refractivity contribution in [3.8, 4) is 5.69 Å². The number of anilines is 1. The number of hydrogen-bond donors (Lipinski definition) is 0. The molecule has 3 aromatic rings. The minimum Gasteiger partial charge on any atom is -0.288 e. The molecule has 144 valence electrons. The normalized spacial score (nSPS) is 19.4. The monoisotopic (exact) mass is 393 g/mol. The molecular formula is C22H23N3O2S. The lowest BCUT2D eigenvalue weighted by molar-refractivity contribution is -0.117. The highest BCUT2D eigenvalue weighted by Gasteiger charge is 2.42. The van der Waals surface area contributed by atoms with Gasteiger partial charge in [-0.25, -0.2) is 4.68 Å². The fourth-order valence-electron chi connectivity index (χ4n) is 3.64. The van der Waals surface area contributed by atoms with E-state index in [4.69, 9.17) is 0 Å². The van der Waals surface area contributed by atoms with E-state index in [-0.39, 0.29) is 22.1 Å². The van der Waals surface area contributed by atoms with Crippen molar-refractivity contribution in [2.75, 3.05) is 4.90 Å². The van der Waals surface area contributed by atoms with E-state index in [1.807, 2.05) is 87.1 Å². The van der Waals surface area contributed by atoms with E-state index in [2.05, 4.69) is 0 Å². The molecule has 4 rings (SSSR count). The maximum absolute atomic E-state index is 13.4. The van der Waals surface area contributed by atoms with Gasteiger partial charge >= 0.3 is 0 Å². The number of thioether (sulfide) groups is 1. The molecule has 0 spiro atoms. The number of carbonyl (C=O) groups excluding carboxylic acids is 1. The van der Waals surface area contributed by atoms with Crippen molar-refractivity contribution >= 4 is 23.4 Å². The van der Waals surface area contributed by atoms with E-state index in [1.165, 1.54) is 5.56 Å². The third-order valence-electron chi connectivity index (χ3n) is 5.28. The van der Waals surface area contributed by atoms with Crippen LogP contribution in [0.5, 0.6) is 0 Å². The summed E-state index contributed by atoms with van der Waals surface area (Å²) in [5.74, 6) is -0.0263. The maximum Gasteiger partial charge on any atom is 0.295 e. The Morgan fingerprint density at radius 3 is 2.21 bits per heavy atom. The number of benzene rings is 2. The van der Waals surface area contributed by atoms with Crippen molar-refractivity contribution < 1.29 is 4.79 Å². The number of para-hydroxylation sites is 1. The van der Waals surface area contributed by atoms with Gasteiger partial charge in [0, 0.05) is 7.05 Å². The Kier molecular flexibility index (Phi) is 4.67. The summed E-state index contributed by atoms with van der Waals surface area (Å²) in [6.45, 7) is 5.84. The fraction of sp³-hybridized carbons (Fsp3) is 0.273. The molecule has 1 aromatic heterocycles. The zero-order valence-corrected chi connectivity index (χ0v) is 17.2. The topological polar surface area (TPSA) is 47.2 Å². The van der Waals surface area contributed by atoms with Gasteiger partial charge in [-0.1, -0.05) is 48.0 Å². The van der Waals surface area contributed by atoms with E-state index < -0.39 is 0 Å². The predicted molar refractivity (Wildman–Crippen MR) is 114 cm³/mol. The van der Waals surface area contributed by atoms with E-state index >= 15 is 0 Å². The molecule has 6 heteroatoms. The first kappa shape index (κ1) is 18.6. The van der Waals surface area contributed by atoms with Gasteiger partial charge < -0.3 is 0 Å². The molecule has 1 aliphatic rings. The number of carbonyl (C=O) groups is 1. The van der Waals surface area contributed by atoms with Crippen LogP contribution in [0.3, 0.4) is 0 Å². The molecule has 0 aliphatic carbocycles. The molecule has 0 bridgehead atoms. The van der Waals surface area contributed by atoms with Gasteiger partial charge in [-0.3, -0.25) is 19.2 Å². The van der Waals surface area contributed by atoms with E-state index in [0.29, 0.717) is 5.69 Å². The molecule has 28 heavy (non-hydrogen) atoms. The molecule has 5 nitrogen and oxygen atoms in total. The quantitative estimate of drug-likeness (QED) is 0.677. The molecule has 0 N–H and O–H groups in total. The van der Waals surface area contributed by atoms with Crippen LogP contribution in [0.25, 0.3) is 5.69 Å². The summed E-state index contributed by atoms with van der Waals surface area (Å²) >= 11 is 1.58. The Labute approximate surface area is 168 Å². The van der Waals surface area contributed by atoms with Crippen LogP contribution in [-0.4, -0.2) is 20.5 Å². The second-order valence-electron chi connectivity index (χ2n) is 7.16. The van der Waals surface area contributed by atoms with Crippen molar-refractivity contribution in [2.45, 2.75) is 31.4 Å². The summed E-state index contributed by atoms with van der Waals surface area (Å²) in [4.78, 5) is 28.2. The Hall–Kier alpha value is -2.73. The van der Waals surface area contributed by atoms with Crippen molar-refractivity contribution in [3.05, 3.63) is 81.8 Å². The number of aromatic nitrogens is 2. The first-order valence-corrected chi connectivity index (χ1v) is 10.2. The highest BCUT2D eigenvalue weighted by Crippen LogP contribution is 2.45. The van der Waals surface area contributed by atoms with Gasteiger partial charge in [-0.2, -0.15) is 0 Å². The molecule has 2 heterocycles. The number of aryl methyl sites for hydroxylation is 1. The summed E-state index contributed by atoms with van der Waals surface area (Å²) < 4.78 is 3.44. The molecular weight excluding hydrogens is 370 g/mol. The number of amides is 1. The lowest BCUT2D eigenvalue weighted by Crippen LogP contribution is -2.34. The van der Waals surface area contributed by atoms with Crippen LogP contribution in [0.2, 0.25) is 0 Å². The molecule has 0 saturated carbocycles. The van der Waals surface area contributed by atoms with E-state index in [9.17, 15) is 9.59 Å². The van der Waals surface area contributed by atoms with Crippen molar-refractivity contribution in [1.29, 1.82) is 0 Å². The van der Waals surface area contributed by atoms with Crippen LogP contribution in [0.4, 0.5) is 5.69 Å². The Balaban J connectivity index is 1.88. The van der Waals surface area contributed by atoms with Crippen LogP contribution >= 0.6 is 11.8 Å². The Morgan fingerprint density at radius 2 is 1.57 bits per heavy atom. The molecule has 2 atom stereocenters. The van der Waals surface area contributed by atoms with Crippen molar-refractivity contribution in [1.82, 2.24) is 9.36 Å². The first-order chi connectivity index (χ1) is 13.4. The minimum atomic E-state index is -0.207. The average molecular weight is 394 g/mol. The van der Waals surface area contributed by atoms with Gasteiger partial charge in [0.25, 0.3) is 5.56 Å². The lowest BCUT2D eigenvalue weighted by atomic mass is 10.1. The molecule has 0 unspecified atom stereocenters.